The van der Waals surface area contributed by atoms with Crippen molar-refractivity contribution in [3.63, 3.8) is 0 Å². The van der Waals surface area contributed by atoms with Crippen LogP contribution < -0.4 is 4.90 Å². The van der Waals surface area contributed by atoms with E-state index in [0.717, 1.165) is 0 Å². The number of rotatable bonds is 2. The molecule has 0 spiro atoms. The number of fused-ring (bicyclic) bond motifs is 2. The number of para-hydroxylation sites is 1. The van der Waals surface area contributed by atoms with Crippen LogP contribution >= 0.6 is 23.5 Å². The van der Waals surface area contributed by atoms with Crippen molar-refractivity contribution >= 4 is 34.9 Å². The summed E-state index contributed by atoms with van der Waals surface area (Å²) in [4.78, 5) is 6.47. The van der Waals surface area contributed by atoms with E-state index in [9.17, 15) is 0 Å². The highest BCUT2D eigenvalue weighted by Gasteiger charge is 2.24. The van der Waals surface area contributed by atoms with Gasteiger partial charge in [0.1, 0.15) is 0 Å². The molecule has 0 atom stereocenters. The fourth-order valence-electron chi connectivity index (χ4n) is 2.45. The molecule has 98 valence electrons. The third kappa shape index (κ3) is 2.26. The van der Waals surface area contributed by atoms with Gasteiger partial charge in [0.25, 0.3) is 0 Å². The molecule has 3 rings (SSSR count). The normalized spacial score (nSPS) is 13.4. The lowest BCUT2D eigenvalue weighted by atomic mass is 10.2. The molecule has 0 saturated carbocycles. The number of nitrogens with zero attached hydrogens (tertiary/aromatic N) is 1. The van der Waals surface area contributed by atoms with Crippen molar-refractivity contribution < 1.29 is 0 Å². The second kappa shape index (κ2) is 5.14. The minimum Gasteiger partial charge on any atom is -0.337 e. The Balaban J connectivity index is 2.16. The monoisotopic (exact) mass is 287 g/mol. The number of benzene rings is 2. The maximum atomic E-state index is 2.44. The van der Waals surface area contributed by atoms with Crippen molar-refractivity contribution in [2.24, 2.45) is 0 Å². The summed E-state index contributed by atoms with van der Waals surface area (Å²) < 4.78 is 0. The number of anilines is 2. The Hall–Kier alpha value is -1.06. The van der Waals surface area contributed by atoms with Crippen LogP contribution in [0.4, 0.5) is 11.4 Å². The fraction of sp³-hybridized carbons (Fsp3) is 0.250. The second-order valence-corrected chi connectivity index (χ2v) is 6.83. The average Bonchev–Trinajstić information content (AvgIpc) is 2.43. The first-order chi connectivity index (χ1) is 9.20. The highest BCUT2D eigenvalue weighted by molar-refractivity contribution is 8.00. The van der Waals surface area contributed by atoms with Crippen LogP contribution in [-0.2, 0) is 0 Å². The summed E-state index contributed by atoms with van der Waals surface area (Å²) in [5.74, 6) is 0. The predicted molar refractivity (Wildman–Crippen MR) is 86.1 cm³/mol. The lowest BCUT2D eigenvalue weighted by molar-refractivity contribution is 0.772. The average molecular weight is 287 g/mol. The van der Waals surface area contributed by atoms with Crippen molar-refractivity contribution in [1.29, 1.82) is 0 Å². The first-order valence-corrected chi connectivity index (χ1v) is 8.49. The third-order valence-electron chi connectivity index (χ3n) is 3.29. The Kier molecular flexibility index (Phi) is 3.50. The maximum Gasteiger partial charge on any atom is 0.0556 e. The van der Waals surface area contributed by atoms with Crippen LogP contribution in [0.2, 0.25) is 0 Å². The fourth-order valence-corrected chi connectivity index (χ4v) is 4.08. The Bertz CT molecular complexity index is 607. The van der Waals surface area contributed by atoms with E-state index in [1.165, 1.54) is 26.1 Å². The van der Waals surface area contributed by atoms with Gasteiger partial charge in [-0.15, -0.1) is 11.8 Å². The molecule has 0 aromatic heterocycles. The van der Waals surface area contributed by atoms with Gasteiger partial charge in [-0.2, -0.15) is 0 Å². The van der Waals surface area contributed by atoms with Gasteiger partial charge in [0.15, 0.2) is 0 Å². The number of hydrogen-bond acceptors (Lipinski definition) is 3. The SMILES string of the molecule is CSc1ccc2c(c1)Sc1ccccc1N2C(C)C. The zero-order valence-corrected chi connectivity index (χ0v) is 13.0. The lowest BCUT2D eigenvalue weighted by Gasteiger charge is -2.36. The molecular formula is C16H17NS2. The van der Waals surface area contributed by atoms with Crippen molar-refractivity contribution in [2.45, 2.75) is 34.6 Å². The van der Waals surface area contributed by atoms with E-state index >= 15 is 0 Å². The summed E-state index contributed by atoms with van der Waals surface area (Å²) in [5, 5.41) is 0. The molecule has 19 heavy (non-hydrogen) atoms. The molecule has 2 aromatic rings. The molecule has 1 nitrogen and oxygen atoms in total. The molecule has 0 amide bonds. The molecule has 1 heterocycles. The van der Waals surface area contributed by atoms with Crippen LogP contribution in [-0.4, -0.2) is 12.3 Å². The Labute approximate surface area is 123 Å². The summed E-state index contributed by atoms with van der Waals surface area (Å²) in [6, 6.07) is 15.9. The highest BCUT2D eigenvalue weighted by Crippen LogP contribution is 2.49. The Morgan fingerprint density at radius 2 is 1.74 bits per heavy atom. The summed E-state index contributed by atoms with van der Waals surface area (Å²) >= 11 is 3.68. The van der Waals surface area contributed by atoms with E-state index in [2.05, 4.69) is 67.5 Å². The second-order valence-electron chi connectivity index (χ2n) is 4.87. The molecule has 0 aliphatic carbocycles. The molecule has 0 bridgehead atoms. The topological polar surface area (TPSA) is 3.24 Å². The van der Waals surface area contributed by atoms with Crippen molar-refractivity contribution in [3.05, 3.63) is 42.5 Å². The summed E-state index contributed by atoms with van der Waals surface area (Å²) in [5.41, 5.74) is 2.66. The van der Waals surface area contributed by atoms with E-state index in [4.69, 9.17) is 0 Å². The van der Waals surface area contributed by atoms with Crippen molar-refractivity contribution in [2.75, 3.05) is 11.2 Å². The molecule has 3 heteroatoms. The van der Waals surface area contributed by atoms with Gasteiger partial charge < -0.3 is 4.90 Å². The molecule has 0 unspecified atom stereocenters. The van der Waals surface area contributed by atoms with Gasteiger partial charge >= 0.3 is 0 Å². The lowest BCUT2D eigenvalue weighted by Crippen LogP contribution is -2.27. The molecule has 0 fully saturated rings. The quantitative estimate of drug-likeness (QED) is 0.679. The molecule has 1 aliphatic rings. The Morgan fingerprint density at radius 1 is 1.00 bits per heavy atom. The Morgan fingerprint density at radius 3 is 2.47 bits per heavy atom. The van der Waals surface area contributed by atoms with E-state index in [0.29, 0.717) is 6.04 Å². The zero-order valence-electron chi connectivity index (χ0n) is 11.4. The summed E-state index contributed by atoms with van der Waals surface area (Å²) in [6.45, 7) is 4.50. The van der Waals surface area contributed by atoms with Gasteiger partial charge in [0.2, 0.25) is 0 Å². The van der Waals surface area contributed by atoms with Gasteiger partial charge in [0.05, 0.1) is 11.4 Å². The largest absolute Gasteiger partial charge is 0.337 e. The minimum atomic E-state index is 0.459. The molecule has 0 N–H and O–H groups in total. The first-order valence-electron chi connectivity index (χ1n) is 6.45. The molecule has 1 aliphatic heterocycles. The van der Waals surface area contributed by atoms with E-state index < -0.39 is 0 Å². The molecule has 2 aromatic carbocycles. The van der Waals surface area contributed by atoms with Gasteiger partial charge in [-0.1, -0.05) is 23.9 Å². The van der Waals surface area contributed by atoms with Gasteiger partial charge in [-0.25, -0.2) is 0 Å². The third-order valence-corrected chi connectivity index (χ3v) is 5.12. The van der Waals surface area contributed by atoms with Crippen LogP contribution in [0.1, 0.15) is 13.8 Å². The van der Waals surface area contributed by atoms with Gasteiger partial charge in [-0.3, -0.25) is 0 Å². The highest BCUT2D eigenvalue weighted by atomic mass is 32.2. The van der Waals surface area contributed by atoms with Crippen LogP contribution in [0.3, 0.4) is 0 Å². The number of hydrogen-bond donors (Lipinski definition) is 0. The van der Waals surface area contributed by atoms with Gasteiger partial charge in [0, 0.05) is 20.7 Å². The van der Waals surface area contributed by atoms with Crippen LogP contribution in [0.25, 0.3) is 0 Å². The van der Waals surface area contributed by atoms with E-state index in [-0.39, 0.29) is 0 Å². The maximum absolute atomic E-state index is 2.44. The van der Waals surface area contributed by atoms with Crippen LogP contribution in [0.15, 0.2) is 57.2 Å². The molecule has 0 saturated heterocycles. The summed E-state index contributed by atoms with van der Waals surface area (Å²) in [6.07, 6.45) is 2.13. The van der Waals surface area contributed by atoms with E-state index in [1.54, 1.807) is 11.8 Å². The summed E-state index contributed by atoms with van der Waals surface area (Å²) in [7, 11) is 0. The molecule has 0 radical (unpaired) electrons. The molecular weight excluding hydrogens is 270 g/mol. The van der Waals surface area contributed by atoms with Crippen LogP contribution in [0.5, 0.6) is 0 Å². The van der Waals surface area contributed by atoms with Crippen molar-refractivity contribution in [3.8, 4) is 0 Å². The van der Waals surface area contributed by atoms with E-state index in [1.807, 2.05) is 11.8 Å². The van der Waals surface area contributed by atoms with Crippen LogP contribution in [0, 0.1) is 0 Å². The minimum absolute atomic E-state index is 0.459. The van der Waals surface area contributed by atoms with Gasteiger partial charge in [-0.05, 0) is 50.4 Å². The number of thioether (sulfide) groups is 1. The first kappa shape index (κ1) is 12.9. The van der Waals surface area contributed by atoms with Crippen molar-refractivity contribution in [1.82, 2.24) is 0 Å². The predicted octanol–water partition coefficient (Wildman–Crippen LogP) is 5.42. The smallest absolute Gasteiger partial charge is 0.0556 e. The zero-order chi connectivity index (χ0) is 13.4. The standard InChI is InChI=1S/C16H17NS2/c1-11(2)17-13-6-4-5-7-15(13)19-16-10-12(18-3)8-9-14(16)17/h4-11H,1-3H3.